The second kappa shape index (κ2) is 2.34. The van der Waals surface area contributed by atoms with Gasteiger partial charge in [-0.1, -0.05) is 12.1 Å². The fourth-order valence-electron chi connectivity index (χ4n) is 2.35. The van der Waals surface area contributed by atoms with Crippen LogP contribution in [0.25, 0.3) is 0 Å². The molecule has 0 N–H and O–H groups in total. The number of ketones is 1. The molecule has 0 radical (unpaired) electrons. The SMILES string of the molecule is O=C1CCN2CCc3cccc1c32. The minimum atomic E-state index is 0.315. The predicted molar refractivity (Wildman–Crippen MR) is 51.3 cm³/mol. The van der Waals surface area contributed by atoms with Gasteiger partial charge in [-0.25, -0.2) is 0 Å². The third-order valence-electron chi connectivity index (χ3n) is 3.00. The fourth-order valence-corrected chi connectivity index (χ4v) is 2.35. The van der Waals surface area contributed by atoms with E-state index >= 15 is 0 Å². The van der Waals surface area contributed by atoms with Gasteiger partial charge in [-0.15, -0.1) is 0 Å². The van der Waals surface area contributed by atoms with E-state index in [-0.39, 0.29) is 0 Å². The van der Waals surface area contributed by atoms with Crippen molar-refractivity contribution in [2.24, 2.45) is 0 Å². The van der Waals surface area contributed by atoms with Gasteiger partial charge in [0.1, 0.15) is 0 Å². The van der Waals surface area contributed by atoms with Gasteiger partial charge in [0.25, 0.3) is 0 Å². The Morgan fingerprint density at radius 1 is 1.15 bits per heavy atom. The number of hydrogen-bond acceptors (Lipinski definition) is 2. The first-order valence-electron chi connectivity index (χ1n) is 4.76. The quantitative estimate of drug-likeness (QED) is 0.594. The number of rotatable bonds is 0. The van der Waals surface area contributed by atoms with Crippen molar-refractivity contribution in [3.8, 4) is 0 Å². The summed E-state index contributed by atoms with van der Waals surface area (Å²) in [6, 6.07) is 6.09. The smallest absolute Gasteiger partial charge is 0.166 e. The molecule has 0 atom stereocenters. The Morgan fingerprint density at radius 2 is 2.00 bits per heavy atom. The summed E-state index contributed by atoms with van der Waals surface area (Å²) in [7, 11) is 0. The fraction of sp³-hybridized carbons (Fsp3) is 0.364. The van der Waals surface area contributed by atoms with Crippen LogP contribution < -0.4 is 4.90 Å². The molecule has 2 aliphatic rings. The lowest BCUT2D eigenvalue weighted by Crippen LogP contribution is -2.29. The Labute approximate surface area is 77.2 Å². The van der Waals surface area contributed by atoms with Crippen molar-refractivity contribution in [2.75, 3.05) is 18.0 Å². The highest BCUT2D eigenvalue weighted by Crippen LogP contribution is 2.35. The van der Waals surface area contributed by atoms with Crippen LogP contribution in [-0.2, 0) is 6.42 Å². The van der Waals surface area contributed by atoms with E-state index in [2.05, 4.69) is 11.0 Å². The zero-order valence-corrected chi connectivity index (χ0v) is 7.42. The molecule has 2 heteroatoms. The van der Waals surface area contributed by atoms with E-state index in [1.54, 1.807) is 0 Å². The molecule has 2 aliphatic heterocycles. The number of anilines is 1. The average Bonchev–Trinajstić information content (AvgIpc) is 2.57. The number of hydrogen-bond donors (Lipinski definition) is 0. The number of para-hydroxylation sites is 1. The minimum absolute atomic E-state index is 0.315. The van der Waals surface area contributed by atoms with Crippen molar-refractivity contribution in [1.82, 2.24) is 0 Å². The molecule has 3 rings (SSSR count). The monoisotopic (exact) mass is 173 g/mol. The van der Waals surface area contributed by atoms with Crippen molar-refractivity contribution in [2.45, 2.75) is 12.8 Å². The molecule has 0 aliphatic carbocycles. The van der Waals surface area contributed by atoms with E-state index in [4.69, 9.17) is 0 Å². The van der Waals surface area contributed by atoms with Crippen molar-refractivity contribution in [1.29, 1.82) is 0 Å². The predicted octanol–water partition coefficient (Wildman–Crippen LogP) is 1.64. The molecule has 0 saturated carbocycles. The van der Waals surface area contributed by atoms with E-state index in [1.807, 2.05) is 12.1 Å². The lowest BCUT2D eigenvalue weighted by Gasteiger charge is -2.25. The maximum Gasteiger partial charge on any atom is 0.166 e. The first-order chi connectivity index (χ1) is 6.36. The Bertz CT molecular complexity index is 384. The summed E-state index contributed by atoms with van der Waals surface area (Å²) in [5, 5.41) is 0. The second-order valence-electron chi connectivity index (χ2n) is 3.72. The van der Waals surface area contributed by atoms with Gasteiger partial charge in [0.2, 0.25) is 0 Å². The highest BCUT2D eigenvalue weighted by molar-refractivity contribution is 6.04. The third-order valence-corrected chi connectivity index (χ3v) is 3.00. The first kappa shape index (κ1) is 7.13. The molecule has 0 bridgehead atoms. The summed E-state index contributed by atoms with van der Waals surface area (Å²) in [6.07, 6.45) is 1.80. The zero-order chi connectivity index (χ0) is 8.84. The molecule has 0 amide bonds. The Hall–Kier alpha value is -1.31. The van der Waals surface area contributed by atoms with Crippen LogP contribution in [0.4, 0.5) is 5.69 Å². The van der Waals surface area contributed by atoms with Crippen molar-refractivity contribution in [3.63, 3.8) is 0 Å². The summed E-state index contributed by atoms with van der Waals surface area (Å²) < 4.78 is 0. The van der Waals surface area contributed by atoms with E-state index in [1.165, 1.54) is 11.3 Å². The number of benzene rings is 1. The Balaban J connectivity index is 2.28. The molecule has 1 aromatic rings. The molecule has 1 aromatic carbocycles. The molecular weight excluding hydrogens is 162 g/mol. The van der Waals surface area contributed by atoms with Crippen LogP contribution in [0.5, 0.6) is 0 Å². The molecule has 66 valence electrons. The second-order valence-corrected chi connectivity index (χ2v) is 3.72. The summed E-state index contributed by atoms with van der Waals surface area (Å²) in [5.74, 6) is 0.315. The van der Waals surface area contributed by atoms with Crippen molar-refractivity contribution < 1.29 is 4.79 Å². The lowest BCUT2D eigenvalue weighted by molar-refractivity contribution is 0.0980. The molecule has 0 fully saturated rings. The van der Waals surface area contributed by atoms with Crippen LogP contribution in [0.1, 0.15) is 22.3 Å². The largest absolute Gasteiger partial charge is 0.370 e. The van der Waals surface area contributed by atoms with Crippen LogP contribution in [0.2, 0.25) is 0 Å². The van der Waals surface area contributed by atoms with Crippen LogP contribution in [0.3, 0.4) is 0 Å². The van der Waals surface area contributed by atoms with Crippen LogP contribution in [0, 0.1) is 0 Å². The van der Waals surface area contributed by atoms with Crippen molar-refractivity contribution in [3.05, 3.63) is 29.3 Å². The number of nitrogens with zero attached hydrogens (tertiary/aromatic N) is 1. The Kier molecular flexibility index (Phi) is 1.29. The number of carbonyl (C=O) groups excluding carboxylic acids is 1. The van der Waals surface area contributed by atoms with Crippen LogP contribution >= 0.6 is 0 Å². The van der Waals surface area contributed by atoms with Gasteiger partial charge in [-0.2, -0.15) is 0 Å². The van der Waals surface area contributed by atoms with Gasteiger partial charge >= 0.3 is 0 Å². The molecule has 13 heavy (non-hydrogen) atoms. The zero-order valence-electron chi connectivity index (χ0n) is 7.42. The lowest BCUT2D eigenvalue weighted by atomic mass is 9.99. The molecule has 0 saturated heterocycles. The number of carbonyl (C=O) groups is 1. The van der Waals surface area contributed by atoms with Crippen LogP contribution in [0.15, 0.2) is 18.2 Å². The average molecular weight is 173 g/mol. The van der Waals surface area contributed by atoms with Gasteiger partial charge in [0, 0.05) is 25.1 Å². The van der Waals surface area contributed by atoms with Crippen molar-refractivity contribution >= 4 is 11.5 Å². The highest BCUT2D eigenvalue weighted by atomic mass is 16.1. The van der Waals surface area contributed by atoms with Gasteiger partial charge in [-0.05, 0) is 18.1 Å². The molecular formula is C11H11NO. The van der Waals surface area contributed by atoms with Gasteiger partial charge < -0.3 is 4.90 Å². The summed E-state index contributed by atoms with van der Waals surface area (Å²) in [6.45, 7) is 2.02. The minimum Gasteiger partial charge on any atom is -0.370 e. The Morgan fingerprint density at radius 3 is 2.92 bits per heavy atom. The standard InChI is InChI=1S/C11H11NO/c13-10-5-7-12-6-4-8-2-1-3-9(10)11(8)12/h1-3H,4-7H2. The summed E-state index contributed by atoms with van der Waals surface area (Å²) in [5.41, 5.74) is 3.52. The molecule has 0 aromatic heterocycles. The first-order valence-corrected chi connectivity index (χ1v) is 4.76. The van der Waals surface area contributed by atoms with E-state index < -0.39 is 0 Å². The molecule has 2 nitrogen and oxygen atoms in total. The van der Waals surface area contributed by atoms with E-state index in [0.717, 1.165) is 25.1 Å². The molecule has 0 unspecified atom stereocenters. The third kappa shape index (κ3) is 0.857. The topological polar surface area (TPSA) is 20.3 Å². The summed E-state index contributed by atoms with van der Waals surface area (Å²) in [4.78, 5) is 13.9. The molecule has 0 spiro atoms. The van der Waals surface area contributed by atoms with E-state index in [0.29, 0.717) is 12.2 Å². The van der Waals surface area contributed by atoms with Crippen LogP contribution in [-0.4, -0.2) is 18.9 Å². The number of Topliss-reactive ketones (excluding diaryl/α,β-unsaturated/α-hetero) is 1. The van der Waals surface area contributed by atoms with E-state index in [9.17, 15) is 4.79 Å². The summed E-state index contributed by atoms with van der Waals surface area (Å²) >= 11 is 0. The molecule has 2 heterocycles. The maximum absolute atomic E-state index is 11.6. The van der Waals surface area contributed by atoms with Gasteiger partial charge in [-0.3, -0.25) is 4.79 Å². The normalized spacial score (nSPS) is 19.1. The maximum atomic E-state index is 11.6. The van der Waals surface area contributed by atoms with Gasteiger partial charge in [0.05, 0.1) is 5.69 Å². The highest BCUT2D eigenvalue weighted by Gasteiger charge is 2.28. The van der Waals surface area contributed by atoms with Gasteiger partial charge in [0.15, 0.2) is 5.78 Å².